The number of pyridine rings is 1. The second-order valence-corrected chi connectivity index (χ2v) is 10.6. The molecule has 4 heterocycles. The van der Waals surface area contributed by atoms with Gasteiger partial charge in [-0.3, -0.25) is 4.99 Å². The molecular weight excluding hydrogens is 451 g/mol. The zero-order valence-electron chi connectivity index (χ0n) is 17.9. The number of hydrogen-bond acceptors (Lipinski definition) is 11. The lowest BCUT2D eigenvalue weighted by molar-refractivity contribution is 0.397. The van der Waals surface area contributed by atoms with Crippen LogP contribution in [0, 0.1) is 11.7 Å². The number of ether oxygens (including phenoxy) is 1. The van der Waals surface area contributed by atoms with Gasteiger partial charge in [0.25, 0.3) is 0 Å². The van der Waals surface area contributed by atoms with Gasteiger partial charge >= 0.3 is 0 Å². The van der Waals surface area contributed by atoms with Crippen LogP contribution < -0.4 is 15.8 Å². The van der Waals surface area contributed by atoms with E-state index in [2.05, 4.69) is 35.2 Å². The second kappa shape index (κ2) is 7.54. The second-order valence-electron chi connectivity index (χ2n) is 8.22. The van der Waals surface area contributed by atoms with Crippen molar-refractivity contribution in [3.05, 3.63) is 36.2 Å². The van der Waals surface area contributed by atoms with Crippen molar-refractivity contribution in [2.75, 3.05) is 18.2 Å². The molecule has 1 fully saturated rings. The maximum Gasteiger partial charge on any atom is 0.234 e. The highest BCUT2D eigenvalue weighted by molar-refractivity contribution is 7.93. The summed E-state index contributed by atoms with van der Waals surface area (Å²) in [6, 6.07) is 0.424. The van der Waals surface area contributed by atoms with Gasteiger partial charge in [-0.15, -0.1) is 0 Å². The standard InChI is InChI=1S/C20H21FN8O3S/c1-20(10-3-4-10)19(22)27-13(8-33(20,30)31)11-5-14(23-6-12(11)21)28-17-16-18(26-9-25-17)29-15(32-2)7-24-16/h5-7,9-10,13H,3-4,8H2,1-2H3,(H2,22,27)(H,23,25,26,28,29)/t13?,20-/m0/s1. The fourth-order valence-corrected chi connectivity index (χ4v) is 6.17. The summed E-state index contributed by atoms with van der Waals surface area (Å²) in [7, 11) is -2.18. The summed E-state index contributed by atoms with van der Waals surface area (Å²) in [6.45, 7) is 1.61. The first-order valence-corrected chi connectivity index (χ1v) is 11.9. The maximum absolute atomic E-state index is 14.7. The Hall–Kier alpha value is -3.48. The van der Waals surface area contributed by atoms with Crippen LogP contribution in [0.3, 0.4) is 0 Å². The van der Waals surface area contributed by atoms with Crippen molar-refractivity contribution in [3.63, 3.8) is 0 Å². The molecule has 1 unspecified atom stereocenters. The number of hydrogen-bond donors (Lipinski definition) is 2. The summed E-state index contributed by atoms with van der Waals surface area (Å²) in [5, 5.41) is 2.97. The van der Waals surface area contributed by atoms with E-state index in [1.54, 1.807) is 6.92 Å². The third-order valence-electron chi connectivity index (χ3n) is 6.21. The summed E-state index contributed by atoms with van der Waals surface area (Å²) in [5.74, 6) is -0.212. The van der Waals surface area contributed by atoms with E-state index in [9.17, 15) is 12.8 Å². The molecule has 0 spiro atoms. The molecule has 1 saturated carbocycles. The highest BCUT2D eigenvalue weighted by Crippen LogP contribution is 2.48. The molecule has 0 amide bonds. The summed E-state index contributed by atoms with van der Waals surface area (Å²) < 4.78 is 44.8. The Bertz CT molecular complexity index is 1400. The first-order chi connectivity index (χ1) is 15.7. The van der Waals surface area contributed by atoms with Gasteiger partial charge in [-0.25, -0.2) is 32.7 Å². The Morgan fingerprint density at radius 1 is 1.21 bits per heavy atom. The Kier molecular flexibility index (Phi) is 4.88. The van der Waals surface area contributed by atoms with Gasteiger partial charge in [0.1, 0.15) is 28.5 Å². The van der Waals surface area contributed by atoms with Crippen molar-refractivity contribution >= 4 is 38.5 Å². The van der Waals surface area contributed by atoms with Gasteiger partial charge in [-0.1, -0.05) is 0 Å². The zero-order chi connectivity index (χ0) is 23.4. The maximum atomic E-state index is 14.7. The molecule has 1 aliphatic carbocycles. The van der Waals surface area contributed by atoms with Gasteiger partial charge in [-0.05, 0) is 31.7 Å². The van der Waals surface area contributed by atoms with Crippen molar-refractivity contribution in [1.29, 1.82) is 0 Å². The van der Waals surface area contributed by atoms with Gasteiger partial charge in [0.05, 0.1) is 31.3 Å². The number of nitrogens with zero attached hydrogens (tertiary/aromatic N) is 6. The van der Waals surface area contributed by atoms with E-state index in [0.717, 1.165) is 19.0 Å². The number of halogens is 1. The molecule has 2 aliphatic rings. The average molecular weight is 473 g/mol. The number of sulfone groups is 1. The quantitative estimate of drug-likeness (QED) is 0.560. The van der Waals surface area contributed by atoms with Crippen LogP contribution in [0.1, 0.15) is 31.4 Å². The van der Waals surface area contributed by atoms with Crippen molar-refractivity contribution in [2.45, 2.75) is 30.6 Å². The number of fused-ring (bicyclic) bond motifs is 1. The number of methoxy groups -OCH3 is 1. The Labute approximate surface area is 188 Å². The molecule has 33 heavy (non-hydrogen) atoms. The van der Waals surface area contributed by atoms with Crippen LogP contribution in [0.15, 0.2) is 29.8 Å². The van der Waals surface area contributed by atoms with Crippen molar-refractivity contribution < 1.29 is 17.5 Å². The molecule has 0 saturated heterocycles. The van der Waals surface area contributed by atoms with Gasteiger partial charge < -0.3 is 15.8 Å². The molecule has 2 atom stereocenters. The third-order valence-corrected chi connectivity index (χ3v) is 8.80. The monoisotopic (exact) mass is 472 g/mol. The third kappa shape index (κ3) is 3.52. The van der Waals surface area contributed by atoms with E-state index in [-0.39, 0.29) is 28.9 Å². The van der Waals surface area contributed by atoms with Gasteiger partial charge in [0.15, 0.2) is 26.8 Å². The smallest absolute Gasteiger partial charge is 0.234 e. The van der Waals surface area contributed by atoms with Crippen molar-refractivity contribution in [1.82, 2.24) is 24.9 Å². The van der Waals surface area contributed by atoms with E-state index in [0.29, 0.717) is 22.9 Å². The first-order valence-electron chi connectivity index (χ1n) is 10.2. The predicted octanol–water partition coefficient (Wildman–Crippen LogP) is 1.70. The summed E-state index contributed by atoms with van der Waals surface area (Å²) >= 11 is 0. The summed E-state index contributed by atoms with van der Waals surface area (Å²) in [5.41, 5.74) is 6.85. The molecule has 0 radical (unpaired) electrons. The van der Waals surface area contributed by atoms with Gasteiger partial charge in [0, 0.05) is 5.56 Å². The SMILES string of the molecule is COc1cnc2c(Nc3cc(C4CS(=O)(=O)[C@@](C)(C5CC5)C(N)=N4)c(F)cn3)ncnc2n1. The molecule has 172 valence electrons. The molecule has 1 aliphatic heterocycles. The Morgan fingerprint density at radius 2 is 2.00 bits per heavy atom. The van der Waals surface area contributed by atoms with E-state index in [4.69, 9.17) is 10.5 Å². The van der Waals surface area contributed by atoms with Crippen LogP contribution in [0.4, 0.5) is 16.0 Å². The average Bonchev–Trinajstić information content (AvgIpc) is 3.64. The normalized spacial score (nSPS) is 24.3. The number of nitrogens with two attached hydrogens (primary N) is 1. The number of aromatic nitrogens is 5. The minimum absolute atomic E-state index is 0.0259. The minimum atomic E-state index is -3.64. The number of amidine groups is 1. The summed E-state index contributed by atoms with van der Waals surface area (Å²) in [6.07, 6.45) is 5.29. The molecule has 11 nitrogen and oxygen atoms in total. The Balaban J connectivity index is 1.50. The molecule has 3 N–H and O–H groups in total. The molecule has 3 aromatic rings. The van der Waals surface area contributed by atoms with Crippen LogP contribution in [0.2, 0.25) is 0 Å². The number of nitrogens with one attached hydrogen (secondary N) is 1. The van der Waals surface area contributed by atoms with Gasteiger partial charge in [-0.2, -0.15) is 4.98 Å². The van der Waals surface area contributed by atoms with E-state index in [1.165, 1.54) is 25.7 Å². The number of rotatable bonds is 5. The largest absolute Gasteiger partial charge is 0.480 e. The molecule has 0 aromatic carbocycles. The van der Waals surface area contributed by atoms with Crippen LogP contribution in [-0.2, 0) is 9.84 Å². The van der Waals surface area contributed by atoms with Crippen molar-refractivity contribution in [2.24, 2.45) is 16.6 Å². The number of anilines is 2. The van der Waals surface area contributed by atoms with E-state index >= 15 is 0 Å². The molecular formula is C20H21FN8O3S. The van der Waals surface area contributed by atoms with Crippen molar-refractivity contribution in [3.8, 4) is 5.88 Å². The highest BCUT2D eigenvalue weighted by Gasteiger charge is 2.56. The lowest BCUT2D eigenvalue weighted by Gasteiger charge is -2.35. The molecule has 0 bridgehead atoms. The fourth-order valence-electron chi connectivity index (χ4n) is 4.04. The number of aliphatic imine (C=N–C) groups is 1. The minimum Gasteiger partial charge on any atom is -0.480 e. The molecule has 5 rings (SSSR count). The first kappa shape index (κ1) is 21.4. The molecule has 3 aromatic heterocycles. The van der Waals surface area contributed by atoms with E-state index in [1.807, 2.05) is 0 Å². The fraction of sp³-hybridized carbons (Fsp3) is 0.400. The lowest BCUT2D eigenvalue weighted by Crippen LogP contribution is -2.54. The predicted molar refractivity (Wildman–Crippen MR) is 118 cm³/mol. The topological polar surface area (TPSA) is 158 Å². The van der Waals surface area contributed by atoms with E-state index < -0.39 is 26.4 Å². The summed E-state index contributed by atoms with van der Waals surface area (Å²) in [4.78, 5) is 25.1. The highest BCUT2D eigenvalue weighted by atomic mass is 32.2. The van der Waals surface area contributed by atoms with Crippen LogP contribution >= 0.6 is 0 Å². The Morgan fingerprint density at radius 3 is 2.70 bits per heavy atom. The zero-order valence-corrected chi connectivity index (χ0v) is 18.7. The lowest BCUT2D eigenvalue weighted by atomic mass is 10.0. The van der Waals surface area contributed by atoms with Gasteiger partial charge in [0.2, 0.25) is 5.88 Å². The van der Waals surface area contributed by atoms with Crippen LogP contribution in [0.5, 0.6) is 5.88 Å². The van der Waals surface area contributed by atoms with Crippen LogP contribution in [0.25, 0.3) is 11.2 Å². The van der Waals surface area contributed by atoms with Crippen LogP contribution in [-0.4, -0.2) is 56.8 Å². The molecule has 13 heteroatoms.